The van der Waals surface area contributed by atoms with E-state index in [0.717, 1.165) is 5.56 Å². The molecule has 0 radical (unpaired) electrons. The lowest BCUT2D eigenvalue weighted by molar-refractivity contribution is 0.414. The number of benzene rings is 2. The van der Waals surface area contributed by atoms with Crippen LogP contribution >= 0.6 is 0 Å². The number of anilines is 1. The summed E-state index contributed by atoms with van der Waals surface area (Å²) in [5, 5.41) is 2.70. The van der Waals surface area contributed by atoms with Gasteiger partial charge in [-0.25, -0.2) is 13.2 Å². The smallest absolute Gasteiger partial charge is 0.152 e. The van der Waals surface area contributed by atoms with Gasteiger partial charge in [-0.05, 0) is 24.6 Å². The second-order valence-corrected chi connectivity index (χ2v) is 4.38. The molecular formula is C15H14F3NO. The third-order valence-electron chi connectivity index (χ3n) is 2.98. The van der Waals surface area contributed by atoms with Crippen LogP contribution in [0.5, 0.6) is 5.75 Å². The Kier molecular flexibility index (Phi) is 4.17. The van der Waals surface area contributed by atoms with Crippen molar-refractivity contribution in [1.29, 1.82) is 0 Å². The van der Waals surface area contributed by atoms with Crippen molar-refractivity contribution in [3.8, 4) is 5.75 Å². The van der Waals surface area contributed by atoms with E-state index in [2.05, 4.69) is 5.32 Å². The van der Waals surface area contributed by atoms with Crippen LogP contribution in [0, 0.1) is 17.5 Å². The maximum atomic E-state index is 13.5. The van der Waals surface area contributed by atoms with Crippen molar-refractivity contribution in [2.75, 3.05) is 12.4 Å². The molecule has 0 saturated carbocycles. The standard InChI is InChI=1S/C15H14F3NO/c1-9(10-3-5-12(20-2)6-4-10)19-15-13(17)7-11(16)8-14(15)18/h3-9,19H,1-2H3. The van der Waals surface area contributed by atoms with Gasteiger partial charge in [-0.2, -0.15) is 0 Å². The Balaban J connectivity index is 2.20. The Bertz CT molecular complexity index is 576. The molecule has 0 aliphatic heterocycles. The molecule has 20 heavy (non-hydrogen) atoms. The first kappa shape index (κ1) is 14.2. The monoisotopic (exact) mass is 281 g/mol. The summed E-state index contributed by atoms with van der Waals surface area (Å²) in [7, 11) is 1.56. The van der Waals surface area contributed by atoms with Crippen molar-refractivity contribution in [2.45, 2.75) is 13.0 Å². The molecule has 2 aromatic rings. The minimum absolute atomic E-state index is 0.338. The van der Waals surface area contributed by atoms with Gasteiger partial charge in [-0.3, -0.25) is 0 Å². The number of hydrogen-bond donors (Lipinski definition) is 1. The molecule has 5 heteroatoms. The van der Waals surface area contributed by atoms with E-state index < -0.39 is 17.5 Å². The first-order chi connectivity index (χ1) is 9.51. The predicted molar refractivity (Wildman–Crippen MR) is 71.3 cm³/mol. The third kappa shape index (κ3) is 3.04. The molecule has 0 heterocycles. The van der Waals surface area contributed by atoms with Crippen LogP contribution in [0.4, 0.5) is 18.9 Å². The molecule has 1 N–H and O–H groups in total. The minimum Gasteiger partial charge on any atom is -0.497 e. The van der Waals surface area contributed by atoms with Gasteiger partial charge in [0.1, 0.15) is 17.3 Å². The van der Waals surface area contributed by atoms with Gasteiger partial charge in [0, 0.05) is 18.2 Å². The van der Waals surface area contributed by atoms with Crippen LogP contribution in [0.2, 0.25) is 0 Å². The zero-order valence-corrected chi connectivity index (χ0v) is 11.1. The number of methoxy groups -OCH3 is 1. The van der Waals surface area contributed by atoms with Gasteiger partial charge in [0.05, 0.1) is 7.11 Å². The summed E-state index contributed by atoms with van der Waals surface area (Å²) in [5.41, 5.74) is 0.489. The molecule has 0 bridgehead atoms. The number of halogens is 3. The van der Waals surface area contributed by atoms with Crippen molar-refractivity contribution in [3.63, 3.8) is 0 Å². The van der Waals surface area contributed by atoms with E-state index in [9.17, 15) is 13.2 Å². The number of nitrogens with one attached hydrogen (secondary N) is 1. The molecule has 106 valence electrons. The number of rotatable bonds is 4. The predicted octanol–water partition coefficient (Wildman–Crippen LogP) is 4.29. The fourth-order valence-electron chi connectivity index (χ4n) is 1.87. The van der Waals surface area contributed by atoms with Gasteiger partial charge in [-0.15, -0.1) is 0 Å². The Morgan fingerprint density at radius 3 is 2.05 bits per heavy atom. The van der Waals surface area contributed by atoms with Crippen molar-refractivity contribution in [1.82, 2.24) is 0 Å². The van der Waals surface area contributed by atoms with E-state index in [1.54, 1.807) is 38.3 Å². The molecule has 2 rings (SSSR count). The maximum absolute atomic E-state index is 13.5. The van der Waals surface area contributed by atoms with Crippen LogP contribution in [0.3, 0.4) is 0 Å². The second kappa shape index (κ2) is 5.86. The van der Waals surface area contributed by atoms with E-state index in [1.165, 1.54) is 0 Å². The lowest BCUT2D eigenvalue weighted by atomic mass is 10.1. The Hall–Kier alpha value is -2.17. The van der Waals surface area contributed by atoms with Crippen LogP contribution in [-0.4, -0.2) is 7.11 Å². The van der Waals surface area contributed by atoms with Gasteiger partial charge in [0.2, 0.25) is 0 Å². The second-order valence-electron chi connectivity index (χ2n) is 4.38. The van der Waals surface area contributed by atoms with Gasteiger partial charge in [0.15, 0.2) is 11.6 Å². The summed E-state index contributed by atoms with van der Waals surface area (Å²) in [5.74, 6) is -2.16. The molecule has 0 saturated heterocycles. The molecule has 0 amide bonds. The minimum atomic E-state index is -0.956. The van der Waals surface area contributed by atoms with E-state index in [-0.39, 0.29) is 11.7 Å². The van der Waals surface area contributed by atoms with Gasteiger partial charge < -0.3 is 10.1 Å². The molecule has 0 aromatic heterocycles. The van der Waals surface area contributed by atoms with E-state index >= 15 is 0 Å². The summed E-state index contributed by atoms with van der Waals surface area (Å²) in [6, 6.07) is 8.04. The van der Waals surface area contributed by atoms with Crippen LogP contribution in [-0.2, 0) is 0 Å². The summed E-state index contributed by atoms with van der Waals surface area (Å²) >= 11 is 0. The average Bonchev–Trinajstić information content (AvgIpc) is 2.42. The highest BCUT2D eigenvalue weighted by atomic mass is 19.1. The molecule has 0 aliphatic carbocycles. The highest BCUT2D eigenvalue weighted by Crippen LogP contribution is 2.26. The van der Waals surface area contributed by atoms with Crippen LogP contribution < -0.4 is 10.1 Å². The topological polar surface area (TPSA) is 21.3 Å². The fourth-order valence-corrected chi connectivity index (χ4v) is 1.87. The molecule has 1 unspecified atom stereocenters. The molecule has 2 aromatic carbocycles. The molecule has 1 atom stereocenters. The van der Waals surface area contributed by atoms with Crippen LogP contribution in [0.25, 0.3) is 0 Å². The number of ether oxygens (including phenoxy) is 1. The first-order valence-corrected chi connectivity index (χ1v) is 6.06. The summed E-state index contributed by atoms with van der Waals surface area (Å²) in [4.78, 5) is 0. The van der Waals surface area contributed by atoms with Gasteiger partial charge >= 0.3 is 0 Å². The van der Waals surface area contributed by atoms with Crippen LogP contribution in [0.15, 0.2) is 36.4 Å². The quantitative estimate of drug-likeness (QED) is 0.902. The van der Waals surface area contributed by atoms with E-state index in [0.29, 0.717) is 17.9 Å². The molecular weight excluding hydrogens is 267 g/mol. The van der Waals surface area contributed by atoms with Gasteiger partial charge in [0.25, 0.3) is 0 Å². The normalized spacial score (nSPS) is 12.1. The number of hydrogen-bond acceptors (Lipinski definition) is 2. The first-order valence-electron chi connectivity index (χ1n) is 6.06. The molecule has 0 aliphatic rings. The summed E-state index contributed by atoms with van der Waals surface area (Å²) in [6.07, 6.45) is 0. The summed E-state index contributed by atoms with van der Waals surface area (Å²) < 4.78 is 45.0. The summed E-state index contributed by atoms with van der Waals surface area (Å²) in [6.45, 7) is 1.75. The average molecular weight is 281 g/mol. The van der Waals surface area contributed by atoms with E-state index in [1.807, 2.05) is 0 Å². The largest absolute Gasteiger partial charge is 0.497 e. The van der Waals surface area contributed by atoms with Crippen molar-refractivity contribution in [3.05, 3.63) is 59.4 Å². The maximum Gasteiger partial charge on any atom is 0.152 e. The van der Waals surface area contributed by atoms with Crippen LogP contribution in [0.1, 0.15) is 18.5 Å². The third-order valence-corrected chi connectivity index (χ3v) is 2.98. The molecule has 2 nitrogen and oxygen atoms in total. The zero-order valence-electron chi connectivity index (χ0n) is 11.1. The highest BCUT2D eigenvalue weighted by molar-refractivity contribution is 5.48. The van der Waals surface area contributed by atoms with Crippen molar-refractivity contribution < 1.29 is 17.9 Å². The Labute approximate surface area is 115 Å². The highest BCUT2D eigenvalue weighted by Gasteiger charge is 2.14. The SMILES string of the molecule is COc1ccc(C(C)Nc2c(F)cc(F)cc2F)cc1. The lowest BCUT2D eigenvalue weighted by Gasteiger charge is -2.17. The fraction of sp³-hybridized carbons (Fsp3) is 0.200. The van der Waals surface area contributed by atoms with Gasteiger partial charge in [-0.1, -0.05) is 12.1 Å². The molecule has 0 fully saturated rings. The van der Waals surface area contributed by atoms with E-state index in [4.69, 9.17) is 4.74 Å². The molecule has 0 spiro atoms. The zero-order chi connectivity index (χ0) is 14.7. The Morgan fingerprint density at radius 1 is 1.00 bits per heavy atom. The lowest BCUT2D eigenvalue weighted by Crippen LogP contribution is -2.10. The van der Waals surface area contributed by atoms with Crippen molar-refractivity contribution in [2.24, 2.45) is 0 Å². The van der Waals surface area contributed by atoms with Crippen molar-refractivity contribution >= 4 is 5.69 Å². The Morgan fingerprint density at radius 2 is 1.55 bits per heavy atom.